The number of aromatic nitrogens is 4. The highest BCUT2D eigenvalue weighted by molar-refractivity contribution is 9.10. The van der Waals surface area contributed by atoms with Gasteiger partial charge in [-0.3, -0.25) is 0 Å². The van der Waals surface area contributed by atoms with Gasteiger partial charge in [0.25, 0.3) is 0 Å². The van der Waals surface area contributed by atoms with Crippen molar-refractivity contribution in [2.45, 2.75) is 19.7 Å². The van der Waals surface area contributed by atoms with E-state index in [1.807, 2.05) is 18.2 Å². The number of tetrazole rings is 1. The summed E-state index contributed by atoms with van der Waals surface area (Å²) in [7, 11) is 0. The second kappa shape index (κ2) is 8.57. The van der Waals surface area contributed by atoms with Crippen LogP contribution in [0.5, 0.6) is 5.75 Å². The van der Waals surface area contributed by atoms with Crippen molar-refractivity contribution in [2.75, 3.05) is 5.32 Å². The summed E-state index contributed by atoms with van der Waals surface area (Å²) in [6.07, 6.45) is 1.71. The zero-order valence-corrected chi connectivity index (χ0v) is 15.5. The highest BCUT2D eigenvalue weighted by atomic mass is 79.9. The summed E-state index contributed by atoms with van der Waals surface area (Å²) < 4.78 is 22.1. The lowest BCUT2D eigenvalue weighted by Gasteiger charge is -2.13. The number of benzene rings is 2. The Kier molecular flexibility index (Phi) is 5.96. The third-order valence-corrected chi connectivity index (χ3v) is 4.13. The molecule has 134 valence electrons. The van der Waals surface area contributed by atoms with Gasteiger partial charge < -0.3 is 10.1 Å². The molecule has 0 fully saturated rings. The van der Waals surface area contributed by atoms with Crippen LogP contribution >= 0.6 is 15.9 Å². The van der Waals surface area contributed by atoms with E-state index in [-0.39, 0.29) is 12.4 Å². The molecule has 3 aromatic rings. The molecule has 0 unspecified atom stereocenters. The molecule has 0 radical (unpaired) electrons. The number of rotatable bonds is 8. The van der Waals surface area contributed by atoms with Crippen LogP contribution in [0.3, 0.4) is 0 Å². The Morgan fingerprint density at radius 3 is 2.88 bits per heavy atom. The maximum atomic E-state index is 13.8. The summed E-state index contributed by atoms with van der Waals surface area (Å²) in [6, 6.07) is 12.2. The molecule has 0 saturated carbocycles. The molecule has 1 heterocycles. The third-order valence-electron chi connectivity index (χ3n) is 3.63. The molecule has 3 rings (SSSR count). The van der Waals surface area contributed by atoms with Crippen LogP contribution in [0, 0.1) is 5.82 Å². The molecular weight excluding hydrogens is 401 g/mol. The summed E-state index contributed by atoms with van der Waals surface area (Å²) in [5.74, 6) is 0.907. The number of anilines is 1. The van der Waals surface area contributed by atoms with E-state index in [4.69, 9.17) is 4.74 Å². The lowest BCUT2D eigenvalue weighted by Crippen LogP contribution is -2.09. The van der Waals surface area contributed by atoms with Gasteiger partial charge in [0, 0.05) is 22.1 Å². The summed E-state index contributed by atoms with van der Waals surface area (Å²) in [6.45, 7) is 4.78. The SMILES string of the molecule is C=CCn1nnnc1NCc1cc(Br)ccc1OCc1ccccc1F. The number of allylic oxidation sites excluding steroid dienone is 1. The fraction of sp³-hybridized carbons (Fsp3) is 0.167. The molecule has 2 aromatic carbocycles. The zero-order valence-electron chi connectivity index (χ0n) is 13.9. The van der Waals surface area contributed by atoms with Gasteiger partial charge in [-0.1, -0.05) is 45.3 Å². The average molecular weight is 418 g/mol. The Labute approximate surface area is 158 Å². The van der Waals surface area contributed by atoms with Crippen LogP contribution in [-0.2, 0) is 19.7 Å². The van der Waals surface area contributed by atoms with Crippen molar-refractivity contribution in [3.05, 3.63) is 76.5 Å². The second-order valence-electron chi connectivity index (χ2n) is 5.46. The van der Waals surface area contributed by atoms with Gasteiger partial charge in [0.2, 0.25) is 5.95 Å². The van der Waals surface area contributed by atoms with Crippen molar-refractivity contribution < 1.29 is 9.13 Å². The van der Waals surface area contributed by atoms with Gasteiger partial charge in [-0.15, -0.1) is 6.58 Å². The molecule has 0 aliphatic rings. The van der Waals surface area contributed by atoms with Crippen LogP contribution in [0.4, 0.5) is 10.3 Å². The van der Waals surface area contributed by atoms with E-state index in [2.05, 4.69) is 43.4 Å². The highest BCUT2D eigenvalue weighted by Gasteiger charge is 2.10. The number of nitrogens with zero attached hydrogens (tertiary/aromatic N) is 4. The van der Waals surface area contributed by atoms with E-state index in [1.165, 1.54) is 6.07 Å². The van der Waals surface area contributed by atoms with E-state index < -0.39 is 0 Å². The average Bonchev–Trinajstić information content (AvgIpc) is 3.08. The van der Waals surface area contributed by atoms with Gasteiger partial charge in [-0.2, -0.15) is 0 Å². The molecule has 1 aromatic heterocycles. The largest absolute Gasteiger partial charge is 0.488 e. The minimum atomic E-state index is -0.284. The van der Waals surface area contributed by atoms with Crippen LogP contribution in [0.2, 0.25) is 0 Å². The first kappa shape index (κ1) is 18.1. The Morgan fingerprint density at radius 2 is 2.08 bits per heavy atom. The number of halogens is 2. The standard InChI is InChI=1S/C18H17BrFN5O/c1-2-9-25-18(22-23-24-25)21-11-14-10-15(19)7-8-17(14)26-12-13-5-3-4-6-16(13)20/h2-8,10H,1,9,11-12H2,(H,21,22,24). The van der Waals surface area contributed by atoms with Crippen LogP contribution in [0.1, 0.15) is 11.1 Å². The maximum absolute atomic E-state index is 13.8. The molecule has 1 N–H and O–H groups in total. The number of hydrogen-bond acceptors (Lipinski definition) is 5. The predicted octanol–water partition coefficient (Wildman–Crippen LogP) is 3.95. The quantitative estimate of drug-likeness (QED) is 0.562. The maximum Gasteiger partial charge on any atom is 0.243 e. The molecule has 0 amide bonds. The lowest BCUT2D eigenvalue weighted by molar-refractivity contribution is 0.297. The van der Waals surface area contributed by atoms with E-state index in [0.717, 1.165) is 10.0 Å². The molecular formula is C18H17BrFN5O. The van der Waals surface area contributed by atoms with Crippen molar-refractivity contribution >= 4 is 21.9 Å². The molecule has 0 atom stereocenters. The van der Waals surface area contributed by atoms with Gasteiger partial charge in [0.1, 0.15) is 18.2 Å². The van der Waals surface area contributed by atoms with Crippen LogP contribution in [0.25, 0.3) is 0 Å². The molecule has 0 saturated heterocycles. The fourth-order valence-corrected chi connectivity index (χ4v) is 2.76. The summed E-state index contributed by atoms with van der Waals surface area (Å²) >= 11 is 3.46. The summed E-state index contributed by atoms with van der Waals surface area (Å²) in [5, 5.41) is 14.7. The molecule has 0 bridgehead atoms. The molecule has 26 heavy (non-hydrogen) atoms. The van der Waals surface area contributed by atoms with Crippen LogP contribution in [0.15, 0.2) is 59.6 Å². The second-order valence-corrected chi connectivity index (χ2v) is 6.37. The van der Waals surface area contributed by atoms with Gasteiger partial charge >= 0.3 is 0 Å². The van der Waals surface area contributed by atoms with Gasteiger partial charge in [0.15, 0.2) is 0 Å². The summed E-state index contributed by atoms with van der Waals surface area (Å²) in [4.78, 5) is 0. The van der Waals surface area contributed by atoms with Crippen molar-refractivity contribution in [1.82, 2.24) is 20.2 Å². The first-order valence-corrected chi connectivity index (χ1v) is 8.72. The zero-order chi connectivity index (χ0) is 18.4. The number of nitrogens with one attached hydrogen (secondary N) is 1. The number of hydrogen-bond donors (Lipinski definition) is 1. The number of ether oxygens (including phenoxy) is 1. The Balaban J connectivity index is 1.72. The van der Waals surface area contributed by atoms with Gasteiger partial charge in [-0.25, -0.2) is 9.07 Å². The first-order chi connectivity index (χ1) is 12.7. The van der Waals surface area contributed by atoms with Crippen LogP contribution in [-0.4, -0.2) is 20.2 Å². The summed E-state index contributed by atoms with van der Waals surface area (Å²) in [5.41, 5.74) is 1.40. The molecule has 6 nitrogen and oxygen atoms in total. The topological polar surface area (TPSA) is 64.9 Å². The lowest BCUT2D eigenvalue weighted by atomic mass is 10.2. The molecule has 0 aliphatic heterocycles. The van der Waals surface area contributed by atoms with E-state index >= 15 is 0 Å². The van der Waals surface area contributed by atoms with E-state index in [9.17, 15) is 4.39 Å². The van der Waals surface area contributed by atoms with Crippen molar-refractivity contribution in [1.29, 1.82) is 0 Å². The monoisotopic (exact) mass is 417 g/mol. The van der Waals surface area contributed by atoms with Gasteiger partial charge in [-0.05, 0) is 34.7 Å². The molecule has 8 heteroatoms. The molecule has 0 aliphatic carbocycles. The minimum Gasteiger partial charge on any atom is -0.488 e. The van der Waals surface area contributed by atoms with Crippen LogP contribution < -0.4 is 10.1 Å². The van der Waals surface area contributed by atoms with E-state index in [1.54, 1.807) is 29.0 Å². The van der Waals surface area contributed by atoms with Crippen molar-refractivity contribution in [3.8, 4) is 5.75 Å². The Bertz CT molecular complexity index is 899. The molecule has 0 spiro atoms. The third kappa shape index (κ3) is 4.45. The Hall–Kier alpha value is -2.74. The Morgan fingerprint density at radius 1 is 1.23 bits per heavy atom. The first-order valence-electron chi connectivity index (χ1n) is 7.93. The van der Waals surface area contributed by atoms with Crippen molar-refractivity contribution in [2.24, 2.45) is 0 Å². The van der Waals surface area contributed by atoms with Crippen molar-refractivity contribution in [3.63, 3.8) is 0 Å². The fourth-order valence-electron chi connectivity index (χ4n) is 2.35. The normalized spacial score (nSPS) is 10.5. The van der Waals surface area contributed by atoms with E-state index in [0.29, 0.717) is 30.4 Å². The highest BCUT2D eigenvalue weighted by Crippen LogP contribution is 2.25. The predicted molar refractivity (Wildman–Crippen MR) is 100 cm³/mol. The minimum absolute atomic E-state index is 0.148. The van der Waals surface area contributed by atoms with Gasteiger partial charge in [0.05, 0.1) is 6.54 Å². The smallest absolute Gasteiger partial charge is 0.243 e.